The van der Waals surface area contributed by atoms with Crippen molar-refractivity contribution < 1.29 is 13.5 Å². The van der Waals surface area contributed by atoms with Gasteiger partial charge in [0.15, 0.2) is 0 Å². The molecule has 0 saturated heterocycles. The van der Waals surface area contributed by atoms with E-state index in [0.717, 1.165) is 16.8 Å². The van der Waals surface area contributed by atoms with Crippen molar-refractivity contribution in [2.45, 2.75) is 13.5 Å². The van der Waals surface area contributed by atoms with Gasteiger partial charge in [-0.1, -0.05) is 24.4 Å². The molecule has 0 aliphatic heterocycles. The van der Waals surface area contributed by atoms with Crippen LogP contribution in [-0.4, -0.2) is 11.6 Å². The Morgan fingerprint density at radius 3 is 2.57 bits per heavy atom. The molecule has 2 aromatic rings. The quantitative estimate of drug-likeness (QED) is 0.820. The van der Waals surface area contributed by atoms with Gasteiger partial charge in [-0.15, -0.1) is 0 Å². The predicted molar refractivity (Wildman–Crippen MR) is 83.4 cm³/mol. The van der Waals surface area contributed by atoms with Crippen LogP contribution in [0.15, 0.2) is 42.5 Å². The number of hydrogen-bond donors (Lipinski definition) is 2. The summed E-state index contributed by atoms with van der Waals surface area (Å²) >= 11 is 4.94. The average molecular weight is 308 g/mol. The van der Waals surface area contributed by atoms with Crippen LogP contribution in [0.25, 0.3) is 0 Å². The van der Waals surface area contributed by atoms with E-state index in [1.54, 1.807) is 30.3 Å². The van der Waals surface area contributed by atoms with Crippen molar-refractivity contribution in [2.75, 3.05) is 5.32 Å². The lowest BCUT2D eigenvalue weighted by Crippen LogP contribution is -2.11. The molecule has 0 amide bonds. The van der Waals surface area contributed by atoms with Gasteiger partial charge >= 0.3 is 6.61 Å². The van der Waals surface area contributed by atoms with Crippen LogP contribution in [0.4, 0.5) is 20.2 Å². The summed E-state index contributed by atoms with van der Waals surface area (Å²) in [7, 11) is 0. The smallest absolute Gasteiger partial charge is 0.387 e. The maximum Gasteiger partial charge on any atom is 0.387 e. The van der Waals surface area contributed by atoms with Crippen LogP contribution in [0.3, 0.4) is 0 Å². The van der Waals surface area contributed by atoms with E-state index in [9.17, 15) is 8.78 Å². The second-order valence-electron chi connectivity index (χ2n) is 4.39. The molecule has 0 fully saturated rings. The Balaban J connectivity index is 2.26. The largest absolute Gasteiger partial charge is 0.433 e. The molecule has 0 aromatic heterocycles. The van der Waals surface area contributed by atoms with Crippen molar-refractivity contribution in [3.05, 3.63) is 53.6 Å². The summed E-state index contributed by atoms with van der Waals surface area (Å²) in [5, 5.41) is 3.04. The Bertz CT molecular complexity index is 662. The molecule has 0 bridgehead atoms. The second-order valence-corrected chi connectivity index (χ2v) is 4.83. The summed E-state index contributed by atoms with van der Waals surface area (Å²) in [4.78, 5) is 0.320. The number of anilines is 2. The Kier molecular flexibility index (Phi) is 4.70. The van der Waals surface area contributed by atoms with E-state index >= 15 is 0 Å². The minimum Gasteiger partial charge on any atom is -0.433 e. The fourth-order valence-corrected chi connectivity index (χ4v) is 2.17. The van der Waals surface area contributed by atoms with Crippen LogP contribution in [0.1, 0.15) is 11.1 Å². The van der Waals surface area contributed by atoms with E-state index < -0.39 is 6.61 Å². The van der Waals surface area contributed by atoms with Crippen molar-refractivity contribution in [1.82, 2.24) is 0 Å². The third-order valence-electron chi connectivity index (χ3n) is 2.87. The van der Waals surface area contributed by atoms with Crippen molar-refractivity contribution in [3.8, 4) is 5.75 Å². The lowest BCUT2D eigenvalue weighted by Gasteiger charge is -2.14. The van der Waals surface area contributed by atoms with Gasteiger partial charge in [-0.25, -0.2) is 0 Å². The number of halogens is 2. The van der Waals surface area contributed by atoms with E-state index in [4.69, 9.17) is 18.0 Å². The predicted octanol–water partition coefficient (Wildman–Crippen LogP) is 3.97. The monoisotopic (exact) mass is 308 g/mol. The number of nitrogens with two attached hydrogens (primary N) is 1. The number of alkyl halides is 2. The normalized spacial score (nSPS) is 10.5. The summed E-state index contributed by atoms with van der Waals surface area (Å²) < 4.78 is 29.2. The number of hydrogen-bond acceptors (Lipinski definition) is 3. The molecule has 21 heavy (non-hydrogen) atoms. The summed E-state index contributed by atoms with van der Waals surface area (Å²) in [5.41, 5.74) is 8.48. The van der Waals surface area contributed by atoms with Crippen LogP contribution in [0.5, 0.6) is 5.75 Å². The van der Waals surface area contributed by atoms with Crippen molar-refractivity contribution in [3.63, 3.8) is 0 Å². The van der Waals surface area contributed by atoms with Gasteiger partial charge in [0, 0.05) is 11.3 Å². The van der Waals surface area contributed by atoms with Gasteiger partial charge in [-0.2, -0.15) is 8.78 Å². The first-order valence-corrected chi connectivity index (χ1v) is 6.59. The first-order valence-electron chi connectivity index (χ1n) is 6.18. The van der Waals surface area contributed by atoms with Gasteiger partial charge in [0.2, 0.25) is 0 Å². The summed E-state index contributed by atoms with van der Waals surface area (Å²) in [6.07, 6.45) is 0. The van der Waals surface area contributed by atoms with Gasteiger partial charge in [-0.05, 0) is 42.8 Å². The van der Waals surface area contributed by atoms with Gasteiger partial charge in [-0.3, -0.25) is 0 Å². The molecule has 0 radical (unpaired) electrons. The lowest BCUT2D eigenvalue weighted by atomic mass is 10.1. The standard InChI is InChI=1S/C15H14F2N2OS/c1-9-8-10(6-7-11(9)14(18)21)19-12-4-2-3-5-13(12)20-15(16)17/h2-8,15,19H,1H3,(H2,18,21). The van der Waals surface area contributed by atoms with Gasteiger partial charge in [0.25, 0.3) is 0 Å². The lowest BCUT2D eigenvalue weighted by molar-refractivity contribution is -0.0493. The number of rotatable bonds is 5. The van der Waals surface area contributed by atoms with Gasteiger partial charge < -0.3 is 15.8 Å². The maximum atomic E-state index is 12.4. The summed E-state index contributed by atoms with van der Waals surface area (Å²) in [5.74, 6) is 0.0866. The molecule has 6 heteroatoms. The minimum atomic E-state index is -2.87. The van der Waals surface area contributed by atoms with E-state index in [1.807, 2.05) is 13.0 Å². The van der Waals surface area contributed by atoms with E-state index in [-0.39, 0.29) is 5.75 Å². The molecule has 0 atom stereocenters. The van der Waals surface area contributed by atoms with Crippen molar-refractivity contribution in [1.29, 1.82) is 0 Å². The average Bonchev–Trinajstić information content (AvgIpc) is 2.40. The third kappa shape index (κ3) is 3.88. The number of ether oxygens (including phenoxy) is 1. The summed E-state index contributed by atoms with van der Waals surface area (Å²) in [6.45, 7) is -0.993. The zero-order chi connectivity index (χ0) is 15.4. The van der Waals surface area contributed by atoms with E-state index in [2.05, 4.69) is 10.1 Å². The second kappa shape index (κ2) is 6.49. The SMILES string of the molecule is Cc1cc(Nc2ccccc2OC(F)F)ccc1C(N)=S. The third-order valence-corrected chi connectivity index (χ3v) is 3.09. The van der Waals surface area contributed by atoms with Crippen LogP contribution in [0, 0.1) is 6.92 Å². The summed E-state index contributed by atoms with van der Waals surface area (Å²) in [6, 6.07) is 11.9. The Hall–Kier alpha value is -2.21. The first kappa shape index (κ1) is 15.2. The molecule has 0 spiro atoms. The highest BCUT2D eigenvalue weighted by atomic mass is 32.1. The van der Waals surface area contributed by atoms with Gasteiger partial charge in [0.1, 0.15) is 10.7 Å². The molecule has 0 saturated carbocycles. The molecular weight excluding hydrogens is 294 g/mol. The minimum absolute atomic E-state index is 0.0866. The Morgan fingerprint density at radius 2 is 1.95 bits per heavy atom. The van der Waals surface area contributed by atoms with E-state index in [0.29, 0.717) is 10.7 Å². The molecule has 2 aromatic carbocycles. The highest BCUT2D eigenvalue weighted by molar-refractivity contribution is 7.80. The number of aryl methyl sites for hydroxylation is 1. The number of para-hydroxylation sites is 2. The van der Waals surface area contributed by atoms with Crippen LogP contribution < -0.4 is 15.8 Å². The zero-order valence-corrected chi connectivity index (χ0v) is 12.1. The molecular formula is C15H14F2N2OS. The molecule has 0 aliphatic rings. The van der Waals surface area contributed by atoms with Crippen LogP contribution >= 0.6 is 12.2 Å². The molecule has 0 heterocycles. The number of nitrogens with one attached hydrogen (secondary N) is 1. The van der Waals surface area contributed by atoms with E-state index in [1.165, 1.54) is 6.07 Å². The Morgan fingerprint density at radius 1 is 1.24 bits per heavy atom. The fraction of sp³-hybridized carbons (Fsp3) is 0.133. The van der Waals surface area contributed by atoms with Crippen LogP contribution in [0.2, 0.25) is 0 Å². The molecule has 110 valence electrons. The number of benzene rings is 2. The zero-order valence-electron chi connectivity index (χ0n) is 11.3. The van der Waals surface area contributed by atoms with Crippen LogP contribution in [-0.2, 0) is 0 Å². The fourth-order valence-electron chi connectivity index (χ4n) is 1.94. The van der Waals surface area contributed by atoms with Crippen molar-refractivity contribution >= 4 is 28.6 Å². The maximum absolute atomic E-state index is 12.4. The highest BCUT2D eigenvalue weighted by Crippen LogP contribution is 2.29. The Labute approximate surface area is 126 Å². The molecule has 0 unspecified atom stereocenters. The van der Waals surface area contributed by atoms with Gasteiger partial charge in [0.05, 0.1) is 5.69 Å². The number of thiocarbonyl (C=S) groups is 1. The molecule has 3 nitrogen and oxygen atoms in total. The molecule has 3 N–H and O–H groups in total. The molecule has 2 rings (SSSR count). The topological polar surface area (TPSA) is 47.3 Å². The molecule has 0 aliphatic carbocycles. The highest BCUT2D eigenvalue weighted by Gasteiger charge is 2.10. The van der Waals surface area contributed by atoms with Crippen molar-refractivity contribution in [2.24, 2.45) is 5.73 Å². The first-order chi connectivity index (χ1) is 9.97.